The summed E-state index contributed by atoms with van der Waals surface area (Å²) < 4.78 is 31.4. The number of amides is 1. The van der Waals surface area contributed by atoms with Crippen LogP contribution in [0.5, 0.6) is 0 Å². The first kappa shape index (κ1) is 20.0. The van der Waals surface area contributed by atoms with Crippen LogP contribution in [0, 0.1) is 11.6 Å². The van der Waals surface area contributed by atoms with E-state index in [0.717, 1.165) is 18.2 Å². The number of carbonyl (C=O) groups excluding carboxylic acids is 2. The van der Waals surface area contributed by atoms with Gasteiger partial charge in [0.2, 0.25) is 5.91 Å². The van der Waals surface area contributed by atoms with Crippen molar-refractivity contribution in [3.8, 4) is 0 Å². The number of nitrogens with zero attached hydrogens (tertiary/aromatic N) is 1. The summed E-state index contributed by atoms with van der Waals surface area (Å²) in [5, 5.41) is 13.3. The Hall–Kier alpha value is -2.35. The number of methoxy groups -OCH3 is 1. The van der Waals surface area contributed by atoms with E-state index in [0.29, 0.717) is 24.1 Å². The van der Waals surface area contributed by atoms with Crippen molar-refractivity contribution in [3.63, 3.8) is 0 Å². The maximum atomic E-state index is 13.4. The highest BCUT2D eigenvalue weighted by Crippen LogP contribution is 2.22. The van der Waals surface area contributed by atoms with E-state index in [1.165, 1.54) is 14.0 Å². The fourth-order valence-electron chi connectivity index (χ4n) is 3.07. The Balaban J connectivity index is 2.13. The number of ether oxygens (including phenoxy) is 1. The average Bonchev–Trinajstić information content (AvgIpc) is 3.00. The molecule has 3 atom stereocenters. The van der Waals surface area contributed by atoms with E-state index in [9.17, 15) is 23.5 Å². The first-order valence-electron chi connectivity index (χ1n) is 8.31. The van der Waals surface area contributed by atoms with Gasteiger partial charge in [0.15, 0.2) is 0 Å². The molecule has 1 aromatic carbocycles. The summed E-state index contributed by atoms with van der Waals surface area (Å²) in [5.74, 6) is -2.24. The van der Waals surface area contributed by atoms with Crippen molar-refractivity contribution in [2.75, 3.05) is 7.11 Å². The Morgan fingerprint density at radius 2 is 2.00 bits per heavy atom. The van der Waals surface area contributed by atoms with Crippen molar-refractivity contribution in [3.05, 3.63) is 35.4 Å². The summed E-state index contributed by atoms with van der Waals surface area (Å²) in [5.41, 5.74) is 0.941. The van der Waals surface area contributed by atoms with E-state index in [-0.39, 0.29) is 18.7 Å². The molecule has 142 valence electrons. The monoisotopic (exact) mass is 368 g/mol. The molecule has 6 nitrogen and oxygen atoms in total. The van der Waals surface area contributed by atoms with Gasteiger partial charge >= 0.3 is 5.97 Å². The van der Waals surface area contributed by atoms with Gasteiger partial charge in [-0.1, -0.05) is 0 Å². The van der Waals surface area contributed by atoms with Gasteiger partial charge in [-0.25, -0.2) is 8.78 Å². The van der Waals surface area contributed by atoms with Gasteiger partial charge in [-0.15, -0.1) is 0 Å². The third-order valence-electron chi connectivity index (χ3n) is 4.23. The van der Waals surface area contributed by atoms with Crippen LogP contribution in [0.4, 0.5) is 8.78 Å². The Kier molecular flexibility index (Phi) is 6.79. The second-order valence-electron chi connectivity index (χ2n) is 6.33. The van der Waals surface area contributed by atoms with E-state index in [2.05, 4.69) is 15.0 Å². The highest BCUT2D eigenvalue weighted by Gasteiger charge is 2.32. The Morgan fingerprint density at radius 1 is 1.35 bits per heavy atom. The molecule has 2 N–H and O–H groups in total. The molecule has 8 heteroatoms. The molecule has 0 radical (unpaired) electrons. The summed E-state index contributed by atoms with van der Waals surface area (Å²) in [6, 6.07) is 1.80. The Morgan fingerprint density at radius 3 is 2.58 bits per heavy atom. The number of hydrogen-bond acceptors (Lipinski definition) is 5. The fourth-order valence-corrected chi connectivity index (χ4v) is 3.07. The fraction of sp³-hybridized carbons (Fsp3) is 0.500. The highest BCUT2D eigenvalue weighted by molar-refractivity contribution is 5.99. The number of hydrogen-bond donors (Lipinski definition) is 2. The van der Waals surface area contributed by atoms with Gasteiger partial charge in [-0.2, -0.15) is 0 Å². The summed E-state index contributed by atoms with van der Waals surface area (Å²) in [4.78, 5) is 27.2. The van der Waals surface area contributed by atoms with Gasteiger partial charge < -0.3 is 15.2 Å². The van der Waals surface area contributed by atoms with Crippen molar-refractivity contribution < 1.29 is 28.2 Å². The Labute approximate surface area is 150 Å². The second-order valence-corrected chi connectivity index (χ2v) is 6.33. The average molecular weight is 368 g/mol. The van der Waals surface area contributed by atoms with Crippen LogP contribution in [-0.4, -0.2) is 48.0 Å². The van der Waals surface area contributed by atoms with Crippen molar-refractivity contribution in [1.82, 2.24) is 5.32 Å². The normalized spacial score (nSPS) is 18.8. The third kappa shape index (κ3) is 5.59. The molecule has 1 aromatic rings. The molecular formula is C18H22F2N2O4. The molecule has 0 saturated carbocycles. The van der Waals surface area contributed by atoms with Crippen molar-refractivity contribution in [2.24, 2.45) is 4.99 Å². The van der Waals surface area contributed by atoms with E-state index >= 15 is 0 Å². The summed E-state index contributed by atoms with van der Waals surface area (Å²) in [6.45, 7) is 1.30. The minimum absolute atomic E-state index is 0.0494. The molecule has 0 saturated heterocycles. The zero-order chi connectivity index (χ0) is 19.3. The molecule has 0 aromatic heterocycles. The van der Waals surface area contributed by atoms with E-state index in [1.54, 1.807) is 0 Å². The van der Waals surface area contributed by atoms with E-state index in [4.69, 9.17) is 0 Å². The van der Waals surface area contributed by atoms with Crippen LogP contribution < -0.4 is 5.32 Å². The van der Waals surface area contributed by atoms with Gasteiger partial charge in [-0.05, 0) is 37.0 Å². The number of aliphatic imine (C=N–C) groups is 1. The summed E-state index contributed by atoms with van der Waals surface area (Å²) >= 11 is 0. The number of benzene rings is 1. The standard InChI is InChI=1S/C18H22F2N2O4/c1-10(23)21-16(7-11-5-12(19)8-13(20)6-11)18(25)15-4-3-14(22-15)9-17(24)26-2/h5-6,8,15-16,18,25H,3-4,7,9H2,1-2H3,(H,21,23)/t15-,16+,18-/m1/s1. The molecule has 1 aliphatic heterocycles. The smallest absolute Gasteiger partial charge is 0.311 e. The van der Waals surface area contributed by atoms with Gasteiger partial charge in [0, 0.05) is 18.7 Å². The van der Waals surface area contributed by atoms with Crippen LogP contribution in [-0.2, 0) is 20.7 Å². The van der Waals surface area contributed by atoms with Crippen LogP contribution in [0.1, 0.15) is 31.7 Å². The number of aliphatic hydroxyl groups is 1. The molecule has 2 rings (SSSR count). The van der Waals surface area contributed by atoms with Gasteiger partial charge in [0.05, 0.1) is 31.7 Å². The summed E-state index contributed by atoms with van der Waals surface area (Å²) in [6.07, 6.45) is 0.104. The van der Waals surface area contributed by atoms with Crippen molar-refractivity contribution in [2.45, 2.75) is 50.8 Å². The Bertz CT molecular complexity index is 688. The molecule has 1 heterocycles. The van der Waals surface area contributed by atoms with Crippen LogP contribution in [0.15, 0.2) is 23.2 Å². The lowest BCUT2D eigenvalue weighted by atomic mass is 9.95. The lowest BCUT2D eigenvalue weighted by Gasteiger charge is -2.27. The van der Waals surface area contributed by atoms with E-state index < -0.39 is 35.8 Å². The van der Waals surface area contributed by atoms with Crippen molar-refractivity contribution >= 4 is 17.6 Å². The molecular weight excluding hydrogens is 346 g/mol. The van der Waals surface area contributed by atoms with Gasteiger partial charge in [0.1, 0.15) is 11.6 Å². The number of rotatable bonds is 7. The molecule has 0 aliphatic carbocycles. The zero-order valence-corrected chi connectivity index (χ0v) is 14.7. The predicted molar refractivity (Wildman–Crippen MR) is 90.8 cm³/mol. The topological polar surface area (TPSA) is 88.0 Å². The van der Waals surface area contributed by atoms with Crippen LogP contribution in [0.25, 0.3) is 0 Å². The van der Waals surface area contributed by atoms with Crippen LogP contribution in [0.3, 0.4) is 0 Å². The van der Waals surface area contributed by atoms with Crippen LogP contribution >= 0.6 is 0 Å². The quantitative estimate of drug-likeness (QED) is 0.715. The van der Waals surface area contributed by atoms with E-state index in [1.807, 2.05) is 0 Å². The maximum Gasteiger partial charge on any atom is 0.311 e. The number of carbonyl (C=O) groups is 2. The minimum atomic E-state index is -1.06. The molecule has 26 heavy (non-hydrogen) atoms. The lowest BCUT2D eigenvalue weighted by Crippen LogP contribution is -2.48. The largest absolute Gasteiger partial charge is 0.469 e. The first-order chi connectivity index (χ1) is 12.3. The zero-order valence-electron chi connectivity index (χ0n) is 14.7. The number of halogens is 2. The molecule has 1 amide bonds. The van der Waals surface area contributed by atoms with Gasteiger partial charge in [-0.3, -0.25) is 14.6 Å². The highest BCUT2D eigenvalue weighted by atomic mass is 19.1. The molecule has 0 bridgehead atoms. The summed E-state index contributed by atoms with van der Waals surface area (Å²) in [7, 11) is 1.29. The third-order valence-corrected chi connectivity index (χ3v) is 4.23. The lowest BCUT2D eigenvalue weighted by molar-refractivity contribution is -0.139. The SMILES string of the molecule is COC(=O)CC1=N[C@@H]([C@@H](O)[C@H](Cc2cc(F)cc(F)c2)NC(C)=O)CC1. The maximum absolute atomic E-state index is 13.4. The minimum Gasteiger partial charge on any atom is -0.469 e. The molecule has 1 aliphatic rings. The number of esters is 1. The van der Waals surface area contributed by atoms with Crippen molar-refractivity contribution in [1.29, 1.82) is 0 Å². The van der Waals surface area contributed by atoms with Crippen LogP contribution in [0.2, 0.25) is 0 Å². The predicted octanol–water partition coefficient (Wildman–Crippen LogP) is 1.54. The van der Waals surface area contributed by atoms with Gasteiger partial charge in [0.25, 0.3) is 0 Å². The number of aliphatic hydroxyl groups excluding tert-OH is 1. The molecule has 0 spiro atoms. The first-order valence-corrected chi connectivity index (χ1v) is 8.31. The molecule has 0 fully saturated rings. The number of nitrogens with one attached hydrogen (secondary N) is 1. The molecule has 0 unspecified atom stereocenters. The second kappa shape index (κ2) is 8.84.